The maximum absolute atomic E-state index is 9.72. The zero-order chi connectivity index (χ0) is 13.7. The number of rotatable bonds is 6. The van der Waals surface area contributed by atoms with Crippen LogP contribution in [0.15, 0.2) is 12.1 Å². The van der Waals surface area contributed by atoms with Crippen molar-refractivity contribution in [3.05, 3.63) is 17.7 Å². The quantitative estimate of drug-likeness (QED) is 0.840. The van der Waals surface area contributed by atoms with Crippen LogP contribution >= 0.6 is 0 Å². The van der Waals surface area contributed by atoms with Crippen LogP contribution in [-0.4, -0.2) is 39.6 Å². The molecule has 0 radical (unpaired) electrons. The van der Waals surface area contributed by atoms with Crippen molar-refractivity contribution in [2.75, 3.05) is 28.4 Å². The van der Waals surface area contributed by atoms with Gasteiger partial charge in [-0.15, -0.1) is 0 Å². The third-order valence-corrected chi connectivity index (χ3v) is 2.73. The molecule has 2 atom stereocenters. The van der Waals surface area contributed by atoms with Gasteiger partial charge in [0.15, 0.2) is 11.5 Å². The highest BCUT2D eigenvalue weighted by Crippen LogP contribution is 2.39. The topological polar surface area (TPSA) is 57.2 Å². The smallest absolute Gasteiger partial charge is 0.164 e. The van der Waals surface area contributed by atoms with Crippen LogP contribution in [0.25, 0.3) is 0 Å². The molecule has 0 heterocycles. The minimum Gasteiger partial charge on any atom is -0.496 e. The summed E-state index contributed by atoms with van der Waals surface area (Å²) < 4.78 is 21.0. The Labute approximate surface area is 107 Å². The van der Waals surface area contributed by atoms with Crippen LogP contribution in [0.2, 0.25) is 0 Å². The molecule has 0 aromatic heterocycles. The second-order valence-corrected chi connectivity index (χ2v) is 3.85. The van der Waals surface area contributed by atoms with Gasteiger partial charge < -0.3 is 24.1 Å². The van der Waals surface area contributed by atoms with Crippen LogP contribution in [0.1, 0.15) is 18.6 Å². The van der Waals surface area contributed by atoms with Crippen molar-refractivity contribution in [3.63, 3.8) is 0 Å². The van der Waals surface area contributed by atoms with Crippen molar-refractivity contribution in [2.45, 2.75) is 19.1 Å². The molecule has 0 aliphatic heterocycles. The monoisotopic (exact) mass is 256 g/mol. The highest BCUT2D eigenvalue weighted by atomic mass is 16.5. The normalized spacial score (nSPS) is 13.9. The van der Waals surface area contributed by atoms with Crippen LogP contribution in [-0.2, 0) is 4.74 Å². The first-order valence-electron chi connectivity index (χ1n) is 5.59. The lowest BCUT2D eigenvalue weighted by Crippen LogP contribution is -2.17. The molecule has 0 bridgehead atoms. The molecular weight excluding hydrogens is 236 g/mol. The highest BCUT2D eigenvalue weighted by molar-refractivity contribution is 5.51. The SMILES string of the molecule is COc1cc(OC)c([C@H](OC)[C@H](C)O)cc1OC. The second-order valence-electron chi connectivity index (χ2n) is 3.85. The fraction of sp³-hybridized carbons (Fsp3) is 0.538. The van der Waals surface area contributed by atoms with Gasteiger partial charge in [-0.05, 0) is 13.0 Å². The fourth-order valence-electron chi connectivity index (χ4n) is 1.86. The zero-order valence-electron chi connectivity index (χ0n) is 11.4. The van der Waals surface area contributed by atoms with Crippen molar-refractivity contribution in [1.29, 1.82) is 0 Å². The molecule has 1 aromatic carbocycles. The fourth-order valence-corrected chi connectivity index (χ4v) is 1.86. The predicted octanol–water partition coefficient (Wildman–Crippen LogP) is 1.78. The zero-order valence-corrected chi connectivity index (χ0v) is 11.4. The van der Waals surface area contributed by atoms with Gasteiger partial charge >= 0.3 is 0 Å². The lowest BCUT2D eigenvalue weighted by molar-refractivity contribution is -0.00488. The summed E-state index contributed by atoms with van der Waals surface area (Å²) in [5.74, 6) is 1.72. The molecule has 102 valence electrons. The molecule has 18 heavy (non-hydrogen) atoms. The number of aliphatic hydroxyl groups is 1. The Morgan fingerprint density at radius 3 is 1.78 bits per heavy atom. The van der Waals surface area contributed by atoms with Gasteiger partial charge in [-0.25, -0.2) is 0 Å². The first kappa shape index (κ1) is 14.6. The summed E-state index contributed by atoms with van der Waals surface area (Å²) in [7, 11) is 6.20. The van der Waals surface area contributed by atoms with Crippen molar-refractivity contribution < 1.29 is 24.1 Å². The number of methoxy groups -OCH3 is 4. The minimum atomic E-state index is -0.665. The second kappa shape index (κ2) is 6.47. The third kappa shape index (κ3) is 2.86. The molecule has 1 N–H and O–H groups in total. The molecule has 0 amide bonds. The standard InChI is InChI=1S/C13H20O5/c1-8(14)13(18-5)9-6-11(16-3)12(17-4)7-10(9)15-2/h6-8,13-14H,1-5H3/t8-,13+/m0/s1. The number of hydrogen-bond donors (Lipinski definition) is 1. The number of aliphatic hydroxyl groups excluding tert-OH is 1. The van der Waals surface area contributed by atoms with E-state index < -0.39 is 12.2 Å². The van der Waals surface area contributed by atoms with Crippen LogP contribution in [0.4, 0.5) is 0 Å². The molecule has 5 nitrogen and oxygen atoms in total. The van der Waals surface area contributed by atoms with E-state index in [0.717, 1.165) is 0 Å². The maximum atomic E-state index is 9.72. The molecule has 0 spiro atoms. The first-order valence-corrected chi connectivity index (χ1v) is 5.59. The van der Waals surface area contributed by atoms with Crippen molar-refractivity contribution in [1.82, 2.24) is 0 Å². The van der Waals surface area contributed by atoms with Crippen LogP contribution < -0.4 is 14.2 Å². The molecule has 0 unspecified atom stereocenters. The van der Waals surface area contributed by atoms with Gasteiger partial charge in [0.25, 0.3) is 0 Å². The average Bonchev–Trinajstić information content (AvgIpc) is 2.38. The summed E-state index contributed by atoms with van der Waals surface area (Å²) in [6.45, 7) is 1.66. The van der Waals surface area contributed by atoms with E-state index in [-0.39, 0.29) is 0 Å². The van der Waals surface area contributed by atoms with Crippen LogP contribution in [0, 0.1) is 0 Å². The summed E-state index contributed by atoms with van der Waals surface area (Å²) in [6, 6.07) is 3.46. The molecular formula is C13H20O5. The van der Waals surface area contributed by atoms with E-state index in [2.05, 4.69) is 0 Å². The van der Waals surface area contributed by atoms with E-state index in [9.17, 15) is 5.11 Å². The van der Waals surface area contributed by atoms with Gasteiger partial charge in [-0.3, -0.25) is 0 Å². The summed E-state index contributed by atoms with van der Waals surface area (Å²) in [5.41, 5.74) is 0.715. The number of ether oxygens (including phenoxy) is 4. The average molecular weight is 256 g/mol. The van der Waals surface area contributed by atoms with Gasteiger partial charge in [0.1, 0.15) is 11.9 Å². The van der Waals surface area contributed by atoms with E-state index in [0.29, 0.717) is 22.8 Å². The highest BCUT2D eigenvalue weighted by Gasteiger charge is 2.23. The first-order chi connectivity index (χ1) is 8.58. The molecule has 1 rings (SSSR count). The molecule has 0 aliphatic carbocycles. The Morgan fingerprint density at radius 2 is 1.39 bits per heavy atom. The van der Waals surface area contributed by atoms with E-state index in [1.807, 2.05) is 0 Å². The Bertz CT molecular complexity index is 389. The van der Waals surface area contributed by atoms with Gasteiger partial charge in [-0.1, -0.05) is 0 Å². The maximum Gasteiger partial charge on any atom is 0.164 e. The summed E-state index contributed by atoms with van der Waals surface area (Å²) >= 11 is 0. The lowest BCUT2D eigenvalue weighted by Gasteiger charge is -2.22. The Kier molecular flexibility index (Phi) is 5.25. The molecule has 1 aromatic rings. The van der Waals surface area contributed by atoms with Gasteiger partial charge in [0.2, 0.25) is 0 Å². The van der Waals surface area contributed by atoms with E-state index >= 15 is 0 Å². The lowest BCUT2D eigenvalue weighted by atomic mass is 10.0. The molecule has 0 saturated carbocycles. The molecule has 5 heteroatoms. The molecule has 0 fully saturated rings. The minimum absolute atomic E-state index is 0.486. The summed E-state index contributed by atoms with van der Waals surface area (Å²) in [5, 5.41) is 9.72. The summed E-state index contributed by atoms with van der Waals surface area (Å²) in [4.78, 5) is 0. The largest absolute Gasteiger partial charge is 0.496 e. The van der Waals surface area contributed by atoms with Crippen LogP contribution in [0.3, 0.4) is 0 Å². The Hall–Kier alpha value is -1.46. The predicted molar refractivity (Wildman–Crippen MR) is 67.5 cm³/mol. The third-order valence-electron chi connectivity index (χ3n) is 2.73. The van der Waals surface area contributed by atoms with E-state index in [4.69, 9.17) is 18.9 Å². The number of benzene rings is 1. The van der Waals surface area contributed by atoms with E-state index in [1.165, 1.54) is 7.11 Å². The van der Waals surface area contributed by atoms with Crippen molar-refractivity contribution >= 4 is 0 Å². The molecule has 0 saturated heterocycles. The van der Waals surface area contributed by atoms with Gasteiger partial charge in [0, 0.05) is 18.7 Å². The van der Waals surface area contributed by atoms with Crippen molar-refractivity contribution in [3.8, 4) is 17.2 Å². The Balaban J connectivity index is 3.32. The Morgan fingerprint density at radius 1 is 0.889 bits per heavy atom. The molecule has 0 aliphatic rings. The van der Waals surface area contributed by atoms with Crippen LogP contribution in [0.5, 0.6) is 17.2 Å². The van der Waals surface area contributed by atoms with Gasteiger partial charge in [0.05, 0.1) is 27.4 Å². The van der Waals surface area contributed by atoms with Gasteiger partial charge in [-0.2, -0.15) is 0 Å². The van der Waals surface area contributed by atoms with E-state index in [1.54, 1.807) is 40.4 Å². The summed E-state index contributed by atoms with van der Waals surface area (Å²) in [6.07, 6.45) is -1.15. The number of hydrogen-bond acceptors (Lipinski definition) is 5. The van der Waals surface area contributed by atoms with Crippen molar-refractivity contribution in [2.24, 2.45) is 0 Å².